The molecule has 0 bridgehead atoms. The number of rotatable bonds is 8. The number of aromatic nitrogens is 4. The van der Waals surface area contributed by atoms with Crippen molar-refractivity contribution in [2.75, 3.05) is 27.2 Å². The largest absolute Gasteiger partial charge is 0.493 e. The molecule has 0 aliphatic carbocycles. The van der Waals surface area contributed by atoms with Crippen molar-refractivity contribution >= 4 is 28.0 Å². The zero-order chi connectivity index (χ0) is 26.9. The lowest BCUT2D eigenvalue weighted by molar-refractivity contribution is 0.00696. The Bertz CT molecular complexity index is 1580. The molecular weight excluding hydrogens is 478 g/mol. The summed E-state index contributed by atoms with van der Waals surface area (Å²) in [6.07, 6.45) is 0.974. The van der Waals surface area contributed by atoms with E-state index in [9.17, 15) is 4.79 Å². The molecule has 0 radical (unpaired) electrons. The number of benzene rings is 3. The molecule has 0 fully saturated rings. The smallest absolute Gasteiger partial charge is 0.338 e. The molecule has 2 N–H and O–H groups in total. The van der Waals surface area contributed by atoms with Gasteiger partial charge in [0.25, 0.3) is 0 Å². The monoisotopic (exact) mass is 511 g/mol. The number of ether oxygens (including phenoxy) is 2. The van der Waals surface area contributed by atoms with Crippen LogP contribution in [0, 0.1) is 0 Å². The minimum absolute atomic E-state index is 0.353. The number of carbonyl (C=O) groups is 1. The van der Waals surface area contributed by atoms with Crippen LogP contribution in [0.3, 0.4) is 0 Å². The SMILES string of the molecule is CN(C)CCCOc1ccc2nc(-c3ccc(-c4nc5ccc(C(=O)OC(C)(C)C)cc5[nH]4)cc3)[nH]c2c1. The Labute approximate surface area is 222 Å². The number of imidazole rings is 2. The predicted octanol–water partition coefficient (Wildman–Crippen LogP) is 6.06. The van der Waals surface area contributed by atoms with Crippen LogP contribution < -0.4 is 4.74 Å². The average Bonchev–Trinajstić information content (AvgIpc) is 3.49. The second kappa shape index (κ2) is 10.3. The van der Waals surface area contributed by atoms with Crippen LogP contribution in [0.5, 0.6) is 5.75 Å². The van der Waals surface area contributed by atoms with E-state index in [0.717, 1.165) is 63.6 Å². The molecule has 196 valence electrons. The van der Waals surface area contributed by atoms with E-state index < -0.39 is 5.60 Å². The maximum atomic E-state index is 12.4. The number of carbonyl (C=O) groups excluding carboxylic acids is 1. The summed E-state index contributed by atoms with van der Waals surface area (Å²) in [5.41, 5.74) is 5.25. The van der Waals surface area contributed by atoms with Crippen LogP contribution in [-0.4, -0.2) is 63.7 Å². The molecule has 0 amide bonds. The van der Waals surface area contributed by atoms with Gasteiger partial charge in [-0.2, -0.15) is 0 Å². The van der Waals surface area contributed by atoms with E-state index in [4.69, 9.17) is 19.4 Å². The minimum atomic E-state index is -0.547. The van der Waals surface area contributed by atoms with Crippen LogP contribution in [0.15, 0.2) is 60.7 Å². The van der Waals surface area contributed by atoms with Crippen molar-refractivity contribution in [1.82, 2.24) is 24.8 Å². The lowest BCUT2D eigenvalue weighted by Crippen LogP contribution is -2.23. The predicted molar refractivity (Wildman–Crippen MR) is 150 cm³/mol. The number of nitrogens with zero attached hydrogens (tertiary/aromatic N) is 3. The maximum absolute atomic E-state index is 12.4. The summed E-state index contributed by atoms with van der Waals surface area (Å²) in [5, 5.41) is 0. The Balaban J connectivity index is 1.31. The van der Waals surface area contributed by atoms with E-state index in [1.807, 2.05) is 69.3 Å². The standard InChI is InChI=1S/C30H33N5O3/c1-30(2,3)38-29(36)21-11-13-23-25(17-21)33-27(31-23)19-7-9-20(10-8-19)28-32-24-14-12-22(18-26(24)34-28)37-16-6-15-35(4)5/h7-14,17-18H,6,15-16H2,1-5H3,(H,31,33)(H,32,34). The fourth-order valence-electron chi connectivity index (χ4n) is 4.18. The molecule has 5 aromatic rings. The first-order chi connectivity index (χ1) is 18.1. The summed E-state index contributed by atoms with van der Waals surface area (Å²) in [6.45, 7) is 7.23. The van der Waals surface area contributed by atoms with Gasteiger partial charge in [0.2, 0.25) is 0 Å². The van der Waals surface area contributed by atoms with Gasteiger partial charge in [-0.25, -0.2) is 14.8 Å². The van der Waals surface area contributed by atoms with Gasteiger partial charge >= 0.3 is 5.97 Å². The second-order valence-corrected chi connectivity index (χ2v) is 10.7. The summed E-state index contributed by atoms with van der Waals surface area (Å²) in [4.78, 5) is 30.8. The number of aromatic amines is 2. The van der Waals surface area contributed by atoms with Crippen molar-refractivity contribution < 1.29 is 14.3 Å². The van der Waals surface area contributed by atoms with E-state index in [-0.39, 0.29) is 5.97 Å². The zero-order valence-corrected chi connectivity index (χ0v) is 22.5. The first-order valence-corrected chi connectivity index (χ1v) is 12.8. The van der Waals surface area contributed by atoms with Crippen LogP contribution in [0.25, 0.3) is 44.8 Å². The van der Waals surface area contributed by atoms with Crippen LogP contribution in [0.2, 0.25) is 0 Å². The van der Waals surface area contributed by atoms with E-state index in [1.54, 1.807) is 12.1 Å². The Morgan fingerprint density at radius 2 is 1.42 bits per heavy atom. The fourth-order valence-corrected chi connectivity index (χ4v) is 4.18. The van der Waals surface area contributed by atoms with Crippen molar-refractivity contribution in [2.24, 2.45) is 0 Å². The summed E-state index contributed by atoms with van der Waals surface area (Å²) in [7, 11) is 4.12. The first kappa shape index (κ1) is 25.5. The third-order valence-electron chi connectivity index (χ3n) is 6.02. The van der Waals surface area contributed by atoms with Gasteiger partial charge in [-0.1, -0.05) is 24.3 Å². The molecular formula is C30H33N5O3. The van der Waals surface area contributed by atoms with Gasteiger partial charge in [0.15, 0.2) is 0 Å². The quantitative estimate of drug-likeness (QED) is 0.194. The van der Waals surface area contributed by atoms with Crippen LogP contribution in [0.1, 0.15) is 37.6 Å². The van der Waals surface area contributed by atoms with E-state index >= 15 is 0 Å². The third kappa shape index (κ3) is 5.86. The molecule has 5 rings (SSSR count). The highest BCUT2D eigenvalue weighted by Gasteiger charge is 2.19. The number of hydrogen-bond acceptors (Lipinski definition) is 6. The van der Waals surface area contributed by atoms with Crippen LogP contribution in [-0.2, 0) is 4.74 Å². The number of esters is 1. The lowest BCUT2D eigenvalue weighted by atomic mass is 10.1. The highest BCUT2D eigenvalue weighted by Crippen LogP contribution is 2.27. The van der Waals surface area contributed by atoms with Crippen molar-refractivity contribution in [1.29, 1.82) is 0 Å². The Hall–Kier alpha value is -4.17. The molecule has 0 aliphatic heterocycles. The molecule has 0 atom stereocenters. The van der Waals surface area contributed by atoms with Crippen molar-refractivity contribution in [3.8, 4) is 28.5 Å². The maximum Gasteiger partial charge on any atom is 0.338 e. The van der Waals surface area contributed by atoms with E-state index in [0.29, 0.717) is 12.2 Å². The normalized spacial score (nSPS) is 11.9. The van der Waals surface area contributed by atoms with Crippen LogP contribution in [0.4, 0.5) is 0 Å². The van der Waals surface area contributed by atoms with Gasteiger partial charge in [-0.15, -0.1) is 0 Å². The lowest BCUT2D eigenvalue weighted by Gasteiger charge is -2.19. The number of fused-ring (bicyclic) bond motifs is 2. The number of H-pyrrole nitrogens is 2. The van der Waals surface area contributed by atoms with Crippen LogP contribution >= 0.6 is 0 Å². The Morgan fingerprint density at radius 3 is 2.00 bits per heavy atom. The molecule has 0 unspecified atom stereocenters. The number of hydrogen-bond donors (Lipinski definition) is 2. The summed E-state index contributed by atoms with van der Waals surface area (Å²) >= 11 is 0. The molecule has 2 heterocycles. The molecule has 0 spiro atoms. The average molecular weight is 512 g/mol. The van der Waals surface area contributed by atoms with Gasteiger partial charge in [0, 0.05) is 23.7 Å². The summed E-state index contributed by atoms with van der Waals surface area (Å²) < 4.78 is 11.4. The highest BCUT2D eigenvalue weighted by atomic mass is 16.6. The van der Waals surface area contributed by atoms with Crippen molar-refractivity contribution in [2.45, 2.75) is 32.8 Å². The van der Waals surface area contributed by atoms with E-state index in [1.165, 1.54) is 0 Å². The fraction of sp³-hybridized carbons (Fsp3) is 0.300. The van der Waals surface area contributed by atoms with E-state index in [2.05, 4.69) is 29.0 Å². The third-order valence-corrected chi connectivity index (χ3v) is 6.02. The van der Waals surface area contributed by atoms with Crippen molar-refractivity contribution in [3.05, 3.63) is 66.2 Å². The molecule has 2 aromatic heterocycles. The molecule has 3 aromatic carbocycles. The van der Waals surface area contributed by atoms with Crippen molar-refractivity contribution in [3.63, 3.8) is 0 Å². The Kier molecular flexibility index (Phi) is 6.91. The Morgan fingerprint density at radius 1 is 0.842 bits per heavy atom. The topological polar surface area (TPSA) is 96.1 Å². The molecule has 0 saturated heterocycles. The molecule has 38 heavy (non-hydrogen) atoms. The highest BCUT2D eigenvalue weighted by molar-refractivity contribution is 5.94. The summed E-state index contributed by atoms with van der Waals surface area (Å²) in [6, 6.07) is 19.3. The number of nitrogens with one attached hydrogen (secondary N) is 2. The molecule has 8 nitrogen and oxygen atoms in total. The first-order valence-electron chi connectivity index (χ1n) is 12.8. The van der Waals surface area contributed by atoms with Gasteiger partial charge in [-0.05, 0) is 71.6 Å². The molecule has 8 heteroatoms. The van der Waals surface area contributed by atoms with Gasteiger partial charge < -0.3 is 24.3 Å². The minimum Gasteiger partial charge on any atom is -0.493 e. The zero-order valence-electron chi connectivity index (χ0n) is 22.5. The van der Waals surface area contributed by atoms with Gasteiger partial charge in [-0.3, -0.25) is 0 Å². The molecule has 0 saturated carbocycles. The second-order valence-electron chi connectivity index (χ2n) is 10.7. The van der Waals surface area contributed by atoms with Gasteiger partial charge in [0.1, 0.15) is 23.0 Å². The van der Waals surface area contributed by atoms with Gasteiger partial charge in [0.05, 0.1) is 34.2 Å². The summed E-state index contributed by atoms with van der Waals surface area (Å²) in [5.74, 6) is 2.01. The molecule has 0 aliphatic rings.